The Morgan fingerprint density at radius 1 is 1.11 bits per heavy atom. The average molecular weight is 398 g/mol. The van der Waals surface area contributed by atoms with Gasteiger partial charge in [-0.25, -0.2) is 9.78 Å². The van der Waals surface area contributed by atoms with E-state index in [1.807, 2.05) is 0 Å². The van der Waals surface area contributed by atoms with Crippen LogP contribution in [0, 0.1) is 0 Å². The molecule has 0 aliphatic rings. The summed E-state index contributed by atoms with van der Waals surface area (Å²) >= 11 is 0. The molecular weight excluding hydrogens is 372 g/mol. The van der Waals surface area contributed by atoms with Crippen molar-refractivity contribution in [1.82, 2.24) is 20.6 Å². The van der Waals surface area contributed by atoms with Crippen molar-refractivity contribution in [3.63, 3.8) is 0 Å². The number of nitrogens with zero attached hydrogens (tertiary/aromatic N) is 1. The third kappa shape index (κ3) is 8.14. The molecule has 0 aromatic carbocycles. The molecule has 1 rings (SSSR count). The van der Waals surface area contributed by atoms with Crippen molar-refractivity contribution < 1.29 is 29.4 Å². The molecule has 1 aromatic rings. The maximum atomic E-state index is 12.6. The predicted molar refractivity (Wildman–Crippen MR) is 96.9 cm³/mol. The van der Waals surface area contributed by atoms with Crippen LogP contribution in [-0.4, -0.2) is 68.6 Å². The SMILES string of the molecule is NCCCCC(NC(=O)C(N)CC(=O)O)C(=O)NC(Cc1cnc[nH]1)C(=O)O. The van der Waals surface area contributed by atoms with Gasteiger partial charge in [-0.15, -0.1) is 0 Å². The standard InChI is InChI=1S/C16H26N6O6/c17-4-2-1-3-11(21-14(25)10(18)6-13(23)24)15(26)22-12(16(27)28)5-9-7-19-8-20-9/h7-8,10-12H,1-6,17-18H2,(H,19,20)(H,21,25)(H,22,26)(H,23,24)(H,27,28). The van der Waals surface area contributed by atoms with Crippen LogP contribution in [0.4, 0.5) is 0 Å². The Kier molecular flexibility index (Phi) is 9.60. The van der Waals surface area contributed by atoms with Crippen LogP contribution in [0.15, 0.2) is 12.5 Å². The summed E-state index contributed by atoms with van der Waals surface area (Å²) in [7, 11) is 0. The van der Waals surface area contributed by atoms with Gasteiger partial charge in [0.25, 0.3) is 0 Å². The van der Waals surface area contributed by atoms with E-state index in [9.17, 15) is 24.3 Å². The molecular formula is C16H26N6O6. The lowest BCUT2D eigenvalue weighted by molar-refractivity contribution is -0.142. The van der Waals surface area contributed by atoms with E-state index in [1.165, 1.54) is 12.5 Å². The third-order valence-corrected chi connectivity index (χ3v) is 3.90. The highest BCUT2D eigenvalue weighted by molar-refractivity contribution is 5.92. The lowest BCUT2D eigenvalue weighted by Gasteiger charge is -2.22. The topological polar surface area (TPSA) is 214 Å². The number of imidazole rings is 1. The van der Waals surface area contributed by atoms with Gasteiger partial charge in [0, 0.05) is 18.3 Å². The van der Waals surface area contributed by atoms with Crippen LogP contribution in [-0.2, 0) is 25.6 Å². The number of nitrogens with one attached hydrogen (secondary N) is 3. The Morgan fingerprint density at radius 3 is 2.32 bits per heavy atom. The van der Waals surface area contributed by atoms with Crippen LogP contribution in [0.1, 0.15) is 31.4 Å². The van der Waals surface area contributed by atoms with Crippen LogP contribution in [0.2, 0.25) is 0 Å². The lowest BCUT2D eigenvalue weighted by atomic mass is 10.1. The first-order valence-electron chi connectivity index (χ1n) is 8.72. The van der Waals surface area contributed by atoms with Gasteiger partial charge in [0.05, 0.1) is 18.8 Å². The second kappa shape index (κ2) is 11.7. The van der Waals surface area contributed by atoms with Crippen LogP contribution in [0.3, 0.4) is 0 Å². The van der Waals surface area contributed by atoms with E-state index >= 15 is 0 Å². The summed E-state index contributed by atoms with van der Waals surface area (Å²) in [6.07, 6.45) is 3.50. The smallest absolute Gasteiger partial charge is 0.326 e. The zero-order chi connectivity index (χ0) is 21.1. The highest BCUT2D eigenvalue weighted by atomic mass is 16.4. The number of carboxylic acids is 2. The van der Waals surface area contributed by atoms with Gasteiger partial charge < -0.3 is 37.3 Å². The molecule has 9 N–H and O–H groups in total. The Labute approximate surface area is 161 Å². The fourth-order valence-corrected chi connectivity index (χ4v) is 2.41. The molecule has 0 spiro atoms. The summed E-state index contributed by atoms with van der Waals surface area (Å²) in [5.41, 5.74) is 11.5. The minimum absolute atomic E-state index is 0.0247. The second-order valence-corrected chi connectivity index (χ2v) is 6.23. The lowest BCUT2D eigenvalue weighted by Crippen LogP contribution is -2.55. The quantitative estimate of drug-likeness (QED) is 0.182. The van der Waals surface area contributed by atoms with E-state index in [0.29, 0.717) is 25.1 Å². The highest BCUT2D eigenvalue weighted by Crippen LogP contribution is 2.05. The number of carboxylic acid groups (broad SMARTS) is 2. The van der Waals surface area contributed by atoms with Crippen molar-refractivity contribution in [3.05, 3.63) is 18.2 Å². The van der Waals surface area contributed by atoms with E-state index in [2.05, 4.69) is 20.6 Å². The van der Waals surface area contributed by atoms with E-state index < -0.39 is 48.3 Å². The molecule has 0 fully saturated rings. The molecule has 0 saturated carbocycles. The largest absolute Gasteiger partial charge is 0.481 e. The molecule has 1 aromatic heterocycles. The molecule has 2 amide bonds. The fourth-order valence-electron chi connectivity index (χ4n) is 2.41. The Hall–Kier alpha value is -2.99. The number of amides is 2. The molecule has 1 heterocycles. The van der Waals surface area contributed by atoms with Crippen LogP contribution >= 0.6 is 0 Å². The van der Waals surface area contributed by atoms with Crippen LogP contribution in [0.25, 0.3) is 0 Å². The molecule has 0 saturated heterocycles. The zero-order valence-corrected chi connectivity index (χ0v) is 15.3. The van der Waals surface area contributed by atoms with Crippen molar-refractivity contribution in [2.45, 2.75) is 50.2 Å². The highest BCUT2D eigenvalue weighted by Gasteiger charge is 2.28. The summed E-state index contributed by atoms with van der Waals surface area (Å²) in [4.78, 5) is 53.3. The second-order valence-electron chi connectivity index (χ2n) is 6.23. The normalized spacial score (nSPS) is 13.9. The minimum Gasteiger partial charge on any atom is -0.481 e. The van der Waals surface area contributed by atoms with Gasteiger partial charge in [0.15, 0.2) is 0 Å². The molecule has 0 radical (unpaired) electrons. The van der Waals surface area contributed by atoms with Gasteiger partial charge in [-0.05, 0) is 25.8 Å². The van der Waals surface area contributed by atoms with Crippen molar-refractivity contribution in [2.75, 3.05) is 6.54 Å². The summed E-state index contributed by atoms with van der Waals surface area (Å²) < 4.78 is 0. The molecule has 0 bridgehead atoms. The first-order chi connectivity index (χ1) is 13.2. The fraction of sp³-hybridized carbons (Fsp3) is 0.562. The molecule has 12 nitrogen and oxygen atoms in total. The maximum absolute atomic E-state index is 12.6. The average Bonchev–Trinajstić information content (AvgIpc) is 3.12. The van der Waals surface area contributed by atoms with Gasteiger partial charge in [0.1, 0.15) is 12.1 Å². The van der Waals surface area contributed by atoms with Crippen LogP contribution < -0.4 is 22.1 Å². The number of unbranched alkanes of at least 4 members (excludes halogenated alkanes) is 1. The monoisotopic (exact) mass is 398 g/mol. The number of hydrogen-bond donors (Lipinski definition) is 7. The van der Waals surface area contributed by atoms with Crippen molar-refractivity contribution in [1.29, 1.82) is 0 Å². The molecule has 3 unspecified atom stereocenters. The molecule has 0 aliphatic heterocycles. The van der Waals surface area contributed by atoms with Gasteiger partial charge >= 0.3 is 11.9 Å². The first kappa shape index (κ1) is 23.0. The Morgan fingerprint density at radius 2 is 1.79 bits per heavy atom. The summed E-state index contributed by atoms with van der Waals surface area (Å²) in [6, 6.07) is -3.64. The van der Waals surface area contributed by atoms with E-state index in [1.54, 1.807) is 0 Å². The number of hydrogen-bond acceptors (Lipinski definition) is 7. The number of carbonyl (C=O) groups is 4. The molecule has 12 heteroatoms. The van der Waals surface area contributed by atoms with Crippen molar-refractivity contribution in [2.24, 2.45) is 11.5 Å². The number of H-pyrrole nitrogens is 1. The molecule has 156 valence electrons. The van der Waals surface area contributed by atoms with E-state index in [-0.39, 0.29) is 12.8 Å². The summed E-state index contributed by atoms with van der Waals surface area (Å²) in [5, 5.41) is 22.8. The number of aromatic amines is 1. The number of nitrogens with two attached hydrogens (primary N) is 2. The first-order valence-corrected chi connectivity index (χ1v) is 8.72. The van der Waals surface area contributed by atoms with Crippen LogP contribution in [0.5, 0.6) is 0 Å². The van der Waals surface area contributed by atoms with Crippen molar-refractivity contribution in [3.8, 4) is 0 Å². The predicted octanol–water partition coefficient (Wildman–Crippen LogP) is -2.06. The summed E-state index contributed by atoms with van der Waals surface area (Å²) in [6.45, 7) is 0.387. The Balaban J connectivity index is 2.79. The number of rotatable bonds is 13. The van der Waals surface area contributed by atoms with Gasteiger partial charge in [0.2, 0.25) is 11.8 Å². The third-order valence-electron chi connectivity index (χ3n) is 3.90. The van der Waals surface area contributed by atoms with Gasteiger partial charge in [-0.3, -0.25) is 14.4 Å². The van der Waals surface area contributed by atoms with Crippen molar-refractivity contribution >= 4 is 23.8 Å². The van der Waals surface area contributed by atoms with Gasteiger partial charge in [-0.2, -0.15) is 0 Å². The zero-order valence-electron chi connectivity index (χ0n) is 15.3. The molecule has 0 aliphatic carbocycles. The van der Waals surface area contributed by atoms with Gasteiger partial charge in [-0.1, -0.05) is 0 Å². The number of aliphatic carboxylic acids is 2. The molecule has 28 heavy (non-hydrogen) atoms. The Bertz CT molecular complexity index is 665. The maximum Gasteiger partial charge on any atom is 0.326 e. The minimum atomic E-state index is -1.33. The molecule has 3 atom stereocenters. The summed E-state index contributed by atoms with van der Waals surface area (Å²) in [5.74, 6) is -4.02. The van der Waals surface area contributed by atoms with E-state index in [0.717, 1.165) is 0 Å². The van der Waals surface area contributed by atoms with E-state index in [4.69, 9.17) is 16.6 Å². The number of aromatic nitrogens is 2. The number of carbonyl (C=O) groups excluding carboxylic acids is 2.